The van der Waals surface area contributed by atoms with Gasteiger partial charge in [0.2, 0.25) is 0 Å². The molecule has 1 aliphatic rings. The van der Waals surface area contributed by atoms with E-state index in [1.165, 1.54) is 12.1 Å². The number of halogens is 1. The van der Waals surface area contributed by atoms with Gasteiger partial charge in [-0.2, -0.15) is 0 Å². The number of H-pyrrole nitrogens is 1. The van der Waals surface area contributed by atoms with Gasteiger partial charge in [0, 0.05) is 12.1 Å². The number of likely N-dealkylation sites (tertiary alicyclic amines) is 1. The summed E-state index contributed by atoms with van der Waals surface area (Å²) in [7, 11) is 0. The van der Waals surface area contributed by atoms with Gasteiger partial charge < -0.3 is 9.88 Å². The van der Waals surface area contributed by atoms with Gasteiger partial charge in [-0.15, -0.1) is 0 Å². The Morgan fingerprint density at radius 2 is 1.96 bits per heavy atom. The van der Waals surface area contributed by atoms with Gasteiger partial charge in [-0.25, -0.2) is 14.0 Å². The predicted octanol–water partition coefficient (Wildman–Crippen LogP) is 3.61. The Bertz CT molecular complexity index is 1150. The Labute approximate surface area is 153 Å². The number of nitrogens with zero attached hydrogens (tertiary/aromatic N) is 4. The molecule has 1 saturated heterocycles. The fraction of sp³-hybridized carbons (Fsp3) is 0.263. The third kappa shape index (κ3) is 2.73. The summed E-state index contributed by atoms with van der Waals surface area (Å²) >= 11 is 0. The molecule has 0 spiro atoms. The molecule has 1 fully saturated rings. The van der Waals surface area contributed by atoms with Crippen LogP contribution in [-0.4, -0.2) is 37.6 Å². The predicted molar refractivity (Wildman–Crippen MR) is 95.5 cm³/mol. The molecule has 5 rings (SSSR count). The van der Waals surface area contributed by atoms with Crippen molar-refractivity contribution in [1.82, 2.24) is 25.2 Å². The molecule has 1 atom stereocenters. The molecular formula is C19H16FN5O2. The first-order valence-corrected chi connectivity index (χ1v) is 8.87. The number of piperidine rings is 1. The number of fused-ring (bicyclic) bond motifs is 2. The fourth-order valence-electron chi connectivity index (χ4n) is 3.70. The van der Waals surface area contributed by atoms with Crippen molar-refractivity contribution in [2.45, 2.75) is 25.3 Å². The number of carbonyl (C=O) groups is 1. The maximum atomic E-state index is 13.5. The first-order valence-electron chi connectivity index (χ1n) is 8.87. The average molecular weight is 365 g/mol. The molecule has 0 saturated carbocycles. The highest BCUT2D eigenvalue weighted by molar-refractivity contribution is 5.97. The number of benzene rings is 2. The van der Waals surface area contributed by atoms with Crippen molar-refractivity contribution in [1.29, 1.82) is 0 Å². The van der Waals surface area contributed by atoms with Crippen LogP contribution in [0.2, 0.25) is 0 Å². The molecule has 1 aliphatic heterocycles. The summed E-state index contributed by atoms with van der Waals surface area (Å²) in [6, 6.07) is 9.42. The van der Waals surface area contributed by atoms with Crippen LogP contribution in [0.5, 0.6) is 0 Å². The number of hydrogen-bond acceptors (Lipinski definition) is 5. The van der Waals surface area contributed by atoms with Crippen molar-refractivity contribution in [2.24, 2.45) is 0 Å². The molecular weight excluding hydrogens is 349 g/mol. The van der Waals surface area contributed by atoms with Crippen LogP contribution < -0.4 is 0 Å². The van der Waals surface area contributed by atoms with Crippen LogP contribution in [0, 0.1) is 5.82 Å². The second kappa shape index (κ2) is 6.15. The minimum atomic E-state index is -0.316. The third-order valence-corrected chi connectivity index (χ3v) is 5.04. The normalized spacial score (nSPS) is 17.7. The molecule has 0 bridgehead atoms. The maximum absolute atomic E-state index is 13.5. The van der Waals surface area contributed by atoms with E-state index in [0.717, 1.165) is 19.3 Å². The number of aromatic amines is 1. The van der Waals surface area contributed by atoms with Gasteiger partial charge in [-0.3, -0.25) is 4.79 Å². The van der Waals surface area contributed by atoms with E-state index in [0.29, 0.717) is 40.0 Å². The van der Waals surface area contributed by atoms with E-state index < -0.39 is 0 Å². The Morgan fingerprint density at radius 3 is 2.89 bits per heavy atom. The van der Waals surface area contributed by atoms with Crippen molar-refractivity contribution in [3.63, 3.8) is 0 Å². The van der Waals surface area contributed by atoms with Crippen LogP contribution in [0.15, 0.2) is 41.0 Å². The number of aromatic nitrogens is 4. The van der Waals surface area contributed by atoms with Crippen LogP contribution in [0.4, 0.5) is 4.39 Å². The van der Waals surface area contributed by atoms with E-state index in [9.17, 15) is 9.18 Å². The number of hydrogen-bond donors (Lipinski definition) is 1. The number of nitrogens with one attached hydrogen (secondary N) is 1. The standard InChI is InChI=1S/C19H16FN5O2/c20-12-5-7-13-15(10-12)22-18(21-13)17-3-1-2-8-25(17)19(26)11-4-6-14-16(9-11)24-27-23-14/h4-7,9-10,17H,1-3,8H2,(H,21,22)/t17-/m1/s1. The molecule has 8 heteroatoms. The lowest BCUT2D eigenvalue weighted by molar-refractivity contribution is 0.0601. The lowest BCUT2D eigenvalue weighted by Gasteiger charge is -2.34. The molecule has 4 aromatic rings. The van der Waals surface area contributed by atoms with Crippen molar-refractivity contribution in [3.05, 3.63) is 53.6 Å². The van der Waals surface area contributed by atoms with Crippen molar-refractivity contribution in [3.8, 4) is 0 Å². The molecule has 1 N–H and O–H groups in total. The van der Waals surface area contributed by atoms with E-state index in [-0.39, 0.29) is 17.8 Å². The zero-order chi connectivity index (χ0) is 18.4. The molecule has 0 radical (unpaired) electrons. The summed E-state index contributed by atoms with van der Waals surface area (Å²) < 4.78 is 18.2. The Kier molecular flexibility index (Phi) is 3.63. The second-order valence-electron chi connectivity index (χ2n) is 6.76. The van der Waals surface area contributed by atoms with Gasteiger partial charge in [0.15, 0.2) is 0 Å². The highest BCUT2D eigenvalue weighted by atomic mass is 19.1. The van der Waals surface area contributed by atoms with Gasteiger partial charge in [0.25, 0.3) is 5.91 Å². The van der Waals surface area contributed by atoms with E-state index >= 15 is 0 Å². The summed E-state index contributed by atoms with van der Waals surface area (Å²) in [5, 5.41) is 7.58. The van der Waals surface area contributed by atoms with Crippen LogP contribution in [0.3, 0.4) is 0 Å². The number of rotatable bonds is 2. The Hall–Kier alpha value is -3.29. The second-order valence-corrected chi connectivity index (χ2v) is 6.76. The van der Waals surface area contributed by atoms with Gasteiger partial charge in [0.05, 0.1) is 17.1 Å². The summed E-state index contributed by atoms with van der Waals surface area (Å²) in [5.74, 6) is 0.285. The minimum absolute atomic E-state index is 0.0868. The quantitative estimate of drug-likeness (QED) is 0.586. The molecule has 2 aromatic carbocycles. The highest BCUT2D eigenvalue weighted by Gasteiger charge is 2.31. The van der Waals surface area contributed by atoms with Gasteiger partial charge in [-0.05, 0) is 66.0 Å². The topological polar surface area (TPSA) is 87.9 Å². The van der Waals surface area contributed by atoms with E-state index in [1.807, 2.05) is 4.90 Å². The average Bonchev–Trinajstić information content (AvgIpc) is 3.33. The van der Waals surface area contributed by atoms with Crippen LogP contribution in [0.1, 0.15) is 41.5 Å². The molecule has 2 aromatic heterocycles. The molecule has 0 unspecified atom stereocenters. The van der Waals surface area contributed by atoms with Crippen LogP contribution in [0.25, 0.3) is 22.1 Å². The smallest absolute Gasteiger partial charge is 0.254 e. The Balaban J connectivity index is 1.51. The zero-order valence-corrected chi connectivity index (χ0v) is 14.4. The summed E-state index contributed by atoms with van der Waals surface area (Å²) in [6.45, 7) is 0.643. The molecule has 1 amide bonds. The molecule has 7 nitrogen and oxygen atoms in total. The Morgan fingerprint density at radius 1 is 1.11 bits per heavy atom. The van der Waals surface area contributed by atoms with Gasteiger partial charge in [0.1, 0.15) is 22.7 Å². The highest BCUT2D eigenvalue weighted by Crippen LogP contribution is 2.32. The monoisotopic (exact) mass is 365 g/mol. The van der Waals surface area contributed by atoms with E-state index in [2.05, 4.69) is 20.3 Å². The number of amides is 1. The summed E-state index contributed by atoms with van der Waals surface area (Å²) in [6.07, 6.45) is 2.75. The molecule has 136 valence electrons. The first kappa shape index (κ1) is 15.9. The summed E-state index contributed by atoms with van der Waals surface area (Å²) in [4.78, 5) is 22.8. The van der Waals surface area contributed by atoms with Crippen molar-refractivity contribution >= 4 is 28.0 Å². The van der Waals surface area contributed by atoms with Crippen LogP contribution >= 0.6 is 0 Å². The largest absolute Gasteiger partial charge is 0.340 e. The number of carbonyl (C=O) groups excluding carboxylic acids is 1. The SMILES string of the molecule is O=C(c1ccc2nonc2c1)N1CCCC[C@@H]1c1nc2ccc(F)cc2[nH]1. The zero-order valence-electron chi connectivity index (χ0n) is 14.4. The van der Waals surface area contributed by atoms with Crippen molar-refractivity contribution in [2.75, 3.05) is 6.54 Å². The minimum Gasteiger partial charge on any atom is -0.340 e. The summed E-state index contributed by atoms with van der Waals surface area (Å²) in [5.41, 5.74) is 3.03. The van der Waals surface area contributed by atoms with E-state index in [4.69, 9.17) is 4.63 Å². The maximum Gasteiger partial charge on any atom is 0.254 e. The fourth-order valence-corrected chi connectivity index (χ4v) is 3.70. The lowest BCUT2D eigenvalue weighted by atomic mass is 10.00. The molecule has 0 aliphatic carbocycles. The van der Waals surface area contributed by atoms with Crippen molar-refractivity contribution < 1.29 is 13.8 Å². The van der Waals surface area contributed by atoms with Gasteiger partial charge in [-0.1, -0.05) is 0 Å². The lowest BCUT2D eigenvalue weighted by Crippen LogP contribution is -2.39. The van der Waals surface area contributed by atoms with Gasteiger partial charge >= 0.3 is 0 Å². The van der Waals surface area contributed by atoms with Crippen LogP contribution in [-0.2, 0) is 0 Å². The first-order chi connectivity index (χ1) is 13.2. The molecule has 27 heavy (non-hydrogen) atoms. The third-order valence-electron chi connectivity index (χ3n) is 5.04. The number of imidazole rings is 1. The molecule has 3 heterocycles. The van der Waals surface area contributed by atoms with E-state index in [1.54, 1.807) is 24.3 Å².